The second-order valence-corrected chi connectivity index (χ2v) is 7.99. The van der Waals surface area contributed by atoms with Crippen LogP contribution >= 0.6 is 0 Å². The normalized spacial score (nSPS) is 18.8. The maximum Gasteiger partial charge on any atom is 0.328 e. The lowest BCUT2D eigenvalue weighted by molar-refractivity contribution is 0.134. The molecule has 1 fully saturated rings. The average Bonchev–Trinajstić information content (AvgIpc) is 3.41. The predicted molar refractivity (Wildman–Crippen MR) is 120 cm³/mol. The Kier molecular flexibility index (Phi) is 6.36. The van der Waals surface area contributed by atoms with Crippen molar-refractivity contribution in [2.24, 2.45) is 25.0 Å². The van der Waals surface area contributed by atoms with Gasteiger partial charge in [0, 0.05) is 32.6 Å². The number of rotatable bonds is 3. The van der Waals surface area contributed by atoms with Crippen molar-refractivity contribution in [2.45, 2.75) is 38.3 Å². The Balaban J connectivity index is 0.000000152. The Morgan fingerprint density at radius 3 is 2.58 bits per heavy atom. The summed E-state index contributed by atoms with van der Waals surface area (Å²) in [5.41, 5.74) is 5.77. The minimum atomic E-state index is -0.0201. The van der Waals surface area contributed by atoms with Crippen LogP contribution in [0.4, 0.5) is 0 Å². The minimum absolute atomic E-state index is 0.0201. The Morgan fingerprint density at radius 1 is 1.10 bits per heavy atom. The number of hydrogen-bond acceptors (Lipinski definition) is 6. The first-order valence-electron chi connectivity index (χ1n) is 10.7. The fourth-order valence-corrected chi connectivity index (χ4v) is 4.18. The number of aryl methyl sites for hydroxylation is 2. The number of aliphatic imine (C=N–C) groups is 1. The van der Waals surface area contributed by atoms with Crippen LogP contribution in [0.3, 0.4) is 0 Å². The van der Waals surface area contributed by atoms with E-state index >= 15 is 0 Å². The summed E-state index contributed by atoms with van der Waals surface area (Å²) in [6.45, 7) is 0. The fourth-order valence-electron chi connectivity index (χ4n) is 4.18. The van der Waals surface area contributed by atoms with Crippen molar-refractivity contribution < 1.29 is 9.57 Å². The van der Waals surface area contributed by atoms with Gasteiger partial charge in [-0.2, -0.15) is 0 Å². The molecule has 0 amide bonds. The quantitative estimate of drug-likeness (QED) is 0.700. The number of aromatic nitrogens is 3. The third-order valence-corrected chi connectivity index (χ3v) is 6.02. The zero-order chi connectivity index (χ0) is 21.8. The Morgan fingerprint density at radius 2 is 1.87 bits per heavy atom. The van der Waals surface area contributed by atoms with Crippen LogP contribution in [0.1, 0.15) is 37.7 Å². The lowest BCUT2D eigenvalue weighted by Gasteiger charge is -2.24. The van der Waals surface area contributed by atoms with Gasteiger partial charge in [-0.15, -0.1) is 5.48 Å². The van der Waals surface area contributed by atoms with Gasteiger partial charge < -0.3 is 9.57 Å². The standard InChI is InChI=1S/C13H17N3O.C10H12N2O2/c1-2-5-10(6-3-1)12-15-13(17-16-12)11-7-4-8-14-9-11;1-11-8-5-4-7(14-3)6-9(8)12(2)10(11)13/h4,7-10,12,16H,1-3,5-6H2;4-6H,1-3H3. The Labute approximate surface area is 181 Å². The first-order valence-corrected chi connectivity index (χ1v) is 10.7. The van der Waals surface area contributed by atoms with Gasteiger partial charge in [0.25, 0.3) is 0 Å². The highest BCUT2D eigenvalue weighted by Crippen LogP contribution is 2.28. The number of methoxy groups -OCH3 is 1. The van der Waals surface area contributed by atoms with E-state index < -0.39 is 0 Å². The van der Waals surface area contributed by atoms with Crippen LogP contribution in [-0.2, 0) is 18.9 Å². The molecule has 3 aromatic rings. The molecule has 1 unspecified atom stereocenters. The van der Waals surface area contributed by atoms with Crippen LogP contribution in [0, 0.1) is 5.92 Å². The highest BCUT2D eigenvalue weighted by Gasteiger charge is 2.29. The molecule has 8 heteroatoms. The highest BCUT2D eigenvalue weighted by molar-refractivity contribution is 5.94. The lowest BCUT2D eigenvalue weighted by atomic mass is 9.87. The van der Waals surface area contributed by atoms with E-state index in [4.69, 9.17) is 9.57 Å². The largest absolute Gasteiger partial charge is 0.497 e. The number of imidazole rings is 1. The van der Waals surface area contributed by atoms with Crippen molar-refractivity contribution >= 4 is 16.9 Å². The summed E-state index contributed by atoms with van der Waals surface area (Å²) >= 11 is 0. The molecular weight excluding hydrogens is 394 g/mol. The van der Waals surface area contributed by atoms with Crippen LogP contribution in [0.5, 0.6) is 5.75 Å². The van der Waals surface area contributed by atoms with Gasteiger partial charge >= 0.3 is 5.69 Å². The maximum atomic E-state index is 11.6. The number of benzene rings is 1. The van der Waals surface area contributed by atoms with E-state index in [-0.39, 0.29) is 11.9 Å². The van der Waals surface area contributed by atoms with Crippen molar-refractivity contribution in [3.8, 4) is 5.75 Å². The average molecular weight is 424 g/mol. The number of ether oxygens (including phenoxy) is 1. The van der Waals surface area contributed by atoms with Gasteiger partial charge in [0.05, 0.1) is 23.7 Å². The topological polar surface area (TPSA) is 82.7 Å². The zero-order valence-electron chi connectivity index (χ0n) is 18.2. The van der Waals surface area contributed by atoms with Crippen LogP contribution in [0.15, 0.2) is 52.5 Å². The maximum absolute atomic E-state index is 11.6. The summed E-state index contributed by atoms with van der Waals surface area (Å²) in [5, 5.41) is 0. The molecule has 164 valence electrons. The van der Waals surface area contributed by atoms with Crippen molar-refractivity contribution in [2.75, 3.05) is 7.11 Å². The molecule has 8 nitrogen and oxygen atoms in total. The molecule has 0 spiro atoms. The predicted octanol–water partition coefficient (Wildman–Crippen LogP) is 3.16. The number of hydrogen-bond donors (Lipinski definition) is 1. The van der Waals surface area contributed by atoms with E-state index in [1.807, 2.05) is 30.3 Å². The number of fused-ring (bicyclic) bond motifs is 1. The van der Waals surface area contributed by atoms with Crippen molar-refractivity contribution in [1.82, 2.24) is 19.6 Å². The number of nitrogens with zero attached hydrogens (tertiary/aromatic N) is 4. The van der Waals surface area contributed by atoms with Gasteiger partial charge in [0.15, 0.2) is 0 Å². The summed E-state index contributed by atoms with van der Waals surface area (Å²) < 4.78 is 8.33. The third kappa shape index (κ3) is 4.49. The van der Waals surface area contributed by atoms with Crippen LogP contribution in [-0.4, -0.2) is 33.3 Å². The fraction of sp³-hybridized carbons (Fsp3) is 0.435. The highest BCUT2D eigenvalue weighted by atomic mass is 16.7. The van der Waals surface area contributed by atoms with Gasteiger partial charge in [-0.05, 0) is 43.0 Å². The van der Waals surface area contributed by atoms with E-state index in [1.165, 1.54) is 32.1 Å². The zero-order valence-corrected chi connectivity index (χ0v) is 18.2. The first kappa shape index (κ1) is 21.1. The molecule has 0 bridgehead atoms. The Hall–Kier alpha value is -3.13. The number of hydroxylamine groups is 1. The molecule has 2 aromatic heterocycles. The molecule has 1 aromatic carbocycles. The van der Waals surface area contributed by atoms with Gasteiger partial charge in [-0.1, -0.05) is 19.3 Å². The molecule has 1 N–H and O–H groups in total. The molecule has 1 aliphatic carbocycles. The molecule has 31 heavy (non-hydrogen) atoms. The summed E-state index contributed by atoms with van der Waals surface area (Å²) in [7, 11) is 5.13. The molecule has 0 saturated heterocycles. The number of nitrogens with one attached hydrogen (secondary N) is 1. The molecular formula is C23H29N5O3. The van der Waals surface area contributed by atoms with Crippen LogP contribution in [0.25, 0.3) is 11.0 Å². The SMILES string of the molecule is COc1ccc2c(c1)n(C)c(=O)n2C.c1cncc(C2=NC(C3CCCCC3)NO2)c1. The molecule has 5 rings (SSSR count). The van der Waals surface area contributed by atoms with E-state index in [0.29, 0.717) is 11.8 Å². The van der Waals surface area contributed by atoms with Gasteiger partial charge in [-0.25, -0.2) is 9.79 Å². The van der Waals surface area contributed by atoms with Crippen molar-refractivity contribution in [3.05, 3.63) is 58.8 Å². The lowest BCUT2D eigenvalue weighted by Crippen LogP contribution is -2.31. The second kappa shape index (κ2) is 9.34. The van der Waals surface area contributed by atoms with Gasteiger partial charge in [0.1, 0.15) is 11.9 Å². The van der Waals surface area contributed by atoms with Gasteiger partial charge in [-0.3, -0.25) is 14.1 Å². The van der Waals surface area contributed by atoms with Crippen LogP contribution < -0.4 is 15.9 Å². The number of pyridine rings is 1. The second-order valence-electron chi connectivity index (χ2n) is 7.99. The molecule has 1 aliphatic heterocycles. The smallest absolute Gasteiger partial charge is 0.328 e. The summed E-state index contributed by atoms with van der Waals surface area (Å²) in [5.74, 6) is 2.06. The molecule has 0 radical (unpaired) electrons. The molecule has 3 heterocycles. The van der Waals surface area contributed by atoms with Gasteiger partial charge in [0.2, 0.25) is 5.90 Å². The van der Waals surface area contributed by atoms with E-state index in [9.17, 15) is 4.79 Å². The van der Waals surface area contributed by atoms with E-state index in [2.05, 4.69) is 15.5 Å². The molecule has 2 aliphatic rings. The van der Waals surface area contributed by atoms with E-state index in [0.717, 1.165) is 22.3 Å². The molecule has 1 saturated carbocycles. The summed E-state index contributed by atoms with van der Waals surface area (Å²) in [6.07, 6.45) is 10.2. The summed E-state index contributed by atoms with van der Waals surface area (Å²) in [6, 6.07) is 9.46. The van der Waals surface area contributed by atoms with Crippen LogP contribution in [0.2, 0.25) is 0 Å². The summed E-state index contributed by atoms with van der Waals surface area (Å²) in [4.78, 5) is 25.7. The third-order valence-electron chi connectivity index (χ3n) is 6.02. The van der Waals surface area contributed by atoms with Crippen molar-refractivity contribution in [3.63, 3.8) is 0 Å². The Bertz CT molecular complexity index is 1110. The van der Waals surface area contributed by atoms with Crippen molar-refractivity contribution in [1.29, 1.82) is 0 Å². The molecule has 1 atom stereocenters. The van der Waals surface area contributed by atoms with E-state index in [1.54, 1.807) is 42.7 Å². The monoisotopic (exact) mass is 423 g/mol. The first-order chi connectivity index (χ1) is 15.1. The minimum Gasteiger partial charge on any atom is -0.497 e.